The van der Waals surface area contributed by atoms with E-state index in [1.807, 2.05) is 0 Å². The van der Waals surface area contributed by atoms with Gasteiger partial charge in [-0.15, -0.1) is 0 Å². The second-order valence-corrected chi connectivity index (χ2v) is 2.46. The number of nitrogens with zero attached hydrogens (tertiary/aromatic N) is 1. The van der Waals surface area contributed by atoms with E-state index in [4.69, 9.17) is 10.6 Å². The van der Waals surface area contributed by atoms with Crippen LogP contribution in [0.1, 0.15) is 6.92 Å². The molecule has 0 saturated heterocycles. The van der Waals surface area contributed by atoms with Crippen LogP contribution in [0.3, 0.4) is 0 Å². The van der Waals surface area contributed by atoms with Gasteiger partial charge < -0.3 is 5.21 Å². The van der Waals surface area contributed by atoms with Gasteiger partial charge in [-0.2, -0.15) is 4.73 Å². The molecule has 0 spiro atoms. The number of amides is 1. The molecular weight excluding hydrogens is 172 g/mol. The van der Waals surface area contributed by atoms with Crippen molar-refractivity contribution in [3.05, 3.63) is 23.8 Å². The fourth-order valence-corrected chi connectivity index (χ4v) is 0.740. The van der Waals surface area contributed by atoms with Gasteiger partial charge in [-0.25, -0.2) is 0 Å². The summed E-state index contributed by atoms with van der Waals surface area (Å²) in [4.78, 5) is 10.5. The van der Waals surface area contributed by atoms with Gasteiger partial charge in [0.1, 0.15) is 0 Å². The Kier molecular flexibility index (Phi) is 2.53. The minimum Gasteiger partial charge on any atom is -0.429 e. The highest BCUT2D eigenvalue weighted by molar-refractivity contribution is 5.74. The van der Waals surface area contributed by atoms with Gasteiger partial charge in [-0.1, -0.05) is 0 Å². The van der Waals surface area contributed by atoms with Crippen molar-refractivity contribution >= 4 is 11.6 Å². The molecule has 0 fully saturated rings. The van der Waals surface area contributed by atoms with Crippen molar-refractivity contribution < 1.29 is 10.0 Å². The highest BCUT2D eigenvalue weighted by Crippen LogP contribution is 1.93. The predicted molar refractivity (Wildman–Crippen MR) is 44.9 cm³/mol. The maximum Gasteiger partial charge on any atom is 0.235 e. The quantitative estimate of drug-likeness (QED) is 0.373. The number of rotatable bonds is 2. The molecular formula is C7H10N4O2. The van der Waals surface area contributed by atoms with E-state index in [-0.39, 0.29) is 11.3 Å². The van der Waals surface area contributed by atoms with Crippen LogP contribution in [0.2, 0.25) is 0 Å². The van der Waals surface area contributed by atoms with Gasteiger partial charge in [0.05, 0.1) is 17.2 Å². The molecule has 1 amide bonds. The van der Waals surface area contributed by atoms with Crippen LogP contribution in [0.25, 0.3) is 0 Å². The average molecular weight is 182 g/mol. The molecule has 0 aliphatic heterocycles. The zero-order chi connectivity index (χ0) is 9.84. The van der Waals surface area contributed by atoms with Crippen LogP contribution in [-0.4, -0.2) is 15.8 Å². The summed E-state index contributed by atoms with van der Waals surface area (Å²) in [5.74, 6) is -0.271. The van der Waals surface area contributed by atoms with E-state index >= 15 is 0 Å². The standard InChI is InChI=1S/C7H10N4O2/c1-5(12)9-10-7-4-11(13)3-2-6(7)8/h2-4,8,10,13H,1H3,(H,9,12). The van der Waals surface area contributed by atoms with E-state index in [0.717, 1.165) is 4.73 Å². The number of nitrogens with one attached hydrogen (secondary N) is 3. The highest BCUT2D eigenvalue weighted by Gasteiger charge is 1.96. The Morgan fingerprint density at radius 1 is 1.69 bits per heavy atom. The van der Waals surface area contributed by atoms with Crippen LogP contribution in [0.5, 0.6) is 0 Å². The van der Waals surface area contributed by atoms with Crippen LogP contribution in [-0.2, 0) is 4.79 Å². The lowest BCUT2D eigenvalue weighted by atomic mass is 10.4. The van der Waals surface area contributed by atoms with E-state index in [2.05, 4.69) is 10.9 Å². The summed E-state index contributed by atoms with van der Waals surface area (Å²) < 4.78 is 0.794. The molecule has 0 aliphatic rings. The number of anilines is 1. The molecule has 0 atom stereocenters. The Bertz CT molecular complexity index is 371. The lowest BCUT2D eigenvalue weighted by Crippen LogP contribution is -2.29. The first-order chi connectivity index (χ1) is 6.09. The number of hydrogen-bond acceptors (Lipinski definition) is 4. The molecule has 1 aromatic heterocycles. The first-order valence-corrected chi connectivity index (χ1v) is 3.58. The van der Waals surface area contributed by atoms with Gasteiger partial charge in [0.2, 0.25) is 5.91 Å². The maximum atomic E-state index is 10.5. The third-order valence-electron chi connectivity index (χ3n) is 1.32. The molecule has 1 heterocycles. The molecule has 0 aromatic carbocycles. The van der Waals surface area contributed by atoms with Gasteiger partial charge >= 0.3 is 0 Å². The summed E-state index contributed by atoms with van der Waals surface area (Å²) in [6.07, 6.45) is 2.60. The summed E-state index contributed by atoms with van der Waals surface area (Å²) in [7, 11) is 0. The zero-order valence-corrected chi connectivity index (χ0v) is 7.03. The molecule has 0 bridgehead atoms. The summed E-state index contributed by atoms with van der Waals surface area (Å²) in [6.45, 7) is 1.34. The van der Waals surface area contributed by atoms with Crippen LogP contribution >= 0.6 is 0 Å². The molecule has 6 nitrogen and oxygen atoms in total. The largest absolute Gasteiger partial charge is 0.429 e. The number of aromatic nitrogens is 1. The van der Waals surface area contributed by atoms with Crippen molar-refractivity contribution in [2.24, 2.45) is 0 Å². The summed E-state index contributed by atoms with van der Waals surface area (Å²) in [5.41, 5.74) is 5.10. The minimum atomic E-state index is -0.271. The molecule has 0 aliphatic carbocycles. The van der Waals surface area contributed by atoms with Crippen molar-refractivity contribution in [1.29, 1.82) is 5.41 Å². The number of hydrazine groups is 1. The molecule has 0 unspecified atom stereocenters. The van der Waals surface area contributed by atoms with Gasteiger partial charge in [-0.05, 0) is 6.07 Å². The molecule has 13 heavy (non-hydrogen) atoms. The van der Waals surface area contributed by atoms with Gasteiger partial charge in [-0.3, -0.25) is 21.1 Å². The fraction of sp³-hybridized carbons (Fsp3) is 0.143. The Morgan fingerprint density at radius 2 is 2.38 bits per heavy atom. The number of pyridine rings is 1. The summed E-state index contributed by atoms with van der Waals surface area (Å²) in [6, 6.07) is 1.39. The smallest absolute Gasteiger partial charge is 0.235 e. The maximum absolute atomic E-state index is 10.5. The molecule has 0 saturated carbocycles. The van der Waals surface area contributed by atoms with Crippen molar-refractivity contribution in [1.82, 2.24) is 10.2 Å². The van der Waals surface area contributed by atoms with E-state index < -0.39 is 0 Å². The van der Waals surface area contributed by atoms with Crippen LogP contribution in [0.4, 0.5) is 5.69 Å². The highest BCUT2D eigenvalue weighted by atomic mass is 16.5. The molecule has 70 valence electrons. The van der Waals surface area contributed by atoms with E-state index in [9.17, 15) is 4.79 Å². The number of carbonyl (C=O) groups excluding carboxylic acids is 1. The van der Waals surface area contributed by atoms with Crippen molar-refractivity contribution in [2.45, 2.75) is 6.92 Å². The number of hydrogen-bond donors (Lipinski definition) is 4. The Morgan fingerprint density at radius 3 is 3.00 bits per heavy atom. The SMILES string of the molecule is CC(=O)NNc1cn(O)ccc1=N. The third-order valence-corrected chi connectivity index (χ3v) is 1.32. The first-order valence-electron chi connectivity index (χ1n) is 3.58. The predicted octanol–water partition coefficient (Wildman–Crippen LogP) is -0.332. The van der Waals surface area contributed by atoms with Crippen LogP contribution in [0, 0.1) is 5.41 Å². The fourth-order valence-electron chi connectivity index (χ4n) is 0.740. The molecule has 1 rings (SSSR count). The second kappa shape index (κ2) is 3.61. The van der Waals surface area contributed by atoms with E-state index in [0.29, 0.717) is 5.69 Å². The lowest BCUT2D eigenvalue weighted by molar-refractivity contribution is -0.118. The molecule has 0 radical (unpaired) electrons. The Labute approximate surface area is 74.3 Å². The van der Waals surface area contributed by atoms with Crippen molar-refractivity contribution in [2.75, 3.05) is 5.43 Å². The van der Waals surface area contributed by atoms with E-state index in [1.165, 1.54) is 25.4 Å². The topological polar surface area (TPSA) is 90.1 Å². The van der Waals surface area contributed by atoms with Gasteiger partial charge in [0.25, 0.3) is 0 Å². The average Bonchev–Trinajstić information content (AvgIpc) is 2.06. The van der Waals surface area contributed by atoms with E-state index in [1.54, 1.807) is 0 Å². The number of carbonyl (C=O) groups is 1. The lowest BCUT2D eigenvalue weighted by Gasteiger charge is -2.06. The van der Waals surface area contributed by atoms with Crippen LogP contribution < -0.4 is 16.2 Å². The first kappa shape index (κ1) is 9.11. The molecule has 4 N–H and O–H groups in total. The summed E-state index contributed by atoms with van der Waals surface area (Å²) >= 11 is 0. The van der Waals surface area contributed by atoms with Gasteiger partial charge in [0.15, 0.2) is 0 Å². The molecule has 1 aromatic rings. The monoisotopic (exact) mass is 182 g/mol. The minimum absolute atomic E-state index is 0.180. The van der Waals surface area contributed by atoms with Crippen molar-refractivity contribution in [3.8, 4) is 0 Å². The Balaban J connectivity index is 2.82. The van der Waals surface area contributed by atoms with Crippen LogP contribution in [0.15, 0.2) is 18.5 Å². The zero-order valence-electron chi connectivity index (χ0n) is 7.03. The molecule has 6 heteroatoms. The van der Waals surface area contributed by atoms with Gasteiger partial charge in [0, 0.05) is 13.1 Å². The third kappa shape index (κ3) is 2.51. The normalized spacial score (nSPS) is 9.31. The summed E-state index contributed by atoms with van der Waals surface area (Å²) in [5, 5.41) is 16.5. The Hall–Kier alpha value is -1.98. The van der Waals surface area contributed by atoms with Crippen molar-refractivity contribution in [3.63, 3.8) is 0 Å². The second-order valence-electron chi connectivity index (χ2n) is 2.46.